The Hall–Kier alpha value is -4.30. The zero-order valence-corrected chi connectivity index (χ0v) is 17.5. The number of benzene rings is 5. The zero-order chi connectivity index (χ0) is 21.3. The maximum atomic E-state index is 3.69. The van der Waals surface area contributed by atoms with Gasteiger partial charge in [-0.3, -0.25) is 0 Å². The summed E-state index contributed by atoms with van der Waals surface area (Å²) in [5.41, 5.74) is 9.27. The van der Waals surface area contributed by atoms with E-state index in [1.807, 2.05) is 6.07 Å². The summed E-state index contributed by atoms with van der Waals surface area (Å²) in [6.45, 7) is 0. The number of aromatic nitrogens is 1. The van der Waals surface area contributed by atoms with Crippen molar-refractivity contribution in [3.63, 3.8) is 0 Å². The van der Waals surface area contributed by atoms with Gasteiger partial charge in [0.25, 0.3) is 0 Å². The van der Waals surface area contributed by atoms with E-state index in [-0.39, 0.29) is 0 Å². The molecule has 0 spiro atoms. The van der Waals surface area contributed by atoms with Crippen molar-refractivity contribution in [1.29, 1.82) is 0 Å². The van der Waals surface area contributed by atoms with E-state index in [1.54, 1.807) is 0 Å². The van der Waals surface area contributed by atoms with E-state index in [4.69, 9.17) is 0 Å². The molecule has 5 aromatic carbocycles. The third-order valence-corrected chi connectivity index (χ3v) is 6.01. The van der Waals surface area contributed by atoms with Gasteiger partial charge in [0.1, 0.15) is 0 Å². The maximum absolute atomic E-state index is 3.69. The van der Waals surface area contributed by atoms with Gasteiger partial charge in [-0.25, -0.2) is 0 Å². The Kier molecular flexibility index (Phi) is 4.47. The summed E-state index contributed by atoms with van der Waals surface area (Å²) in [4.78, 5) is 3.69. The third-order valence-electron chi connectivity index (χ3n) is 6.01. The van der Waals surface area contributed by atoms with Crippen molar-refractivity contribution in [2.24, 2.45) is 0 Å². The molecule has 6 aromatic rings. The minimum Gasteiger partial charge on any atom is -0.355 e. The second-order valence-electron chi connectivity index (χ2n) is 7.98. The second kappa shape index (κ2) is 7.75. The van der Waals surface area contributed by atoms with Crippen LogP contribution in [0.4, 0.5) is 11.4 Å². The molecule has 6 rings (SSSR count). The minimum absolute atomic E-state index is 1.07. The highest BCUT2D eigenvalue weighted by Crippen LogP contribution is 2.42. The lowest BCUT2D eigenvalue weighted by molar-refractivity contribution is 1.50. The number of nitrogens with one attached hydrogen (secondary N) is 2. The topological polar surface area (TPSA) is 27.8 Å². The summed E-state index contributed by atoms with van der Waals surface area (Å²) in [7, 11) is 0. The lowest BCUT2D eigenvalue weighted by Crippen LogP contribution is -1.96. The SMILES string of the molecule is c1ccc(Nc2cccc(-c3ccccc3)c2-c2cccc3c2[nH]c2ccccc23)cc1. The van der Waals surface area contributed by atoms with Gasteiger partial charge < -0.3 is 10.3 Å². The Morgan fingerprint density at radius 2 is 1.16 bits per heavy atom. The largest absolute Gasteiger partial charge is 0.355 e. The average molecular weight is 411 g/mol. The summed E-state index contributed by atoms with van der Waals surface area (Å²) < 4.78 is 0. The van der Waals surface area contributed by atoms with Crippen LogP contribution in [0.5, 0.6) is 0 Å². The molecular weight excluding hydrogens is 388 g/mol. The van der Waals surface area contributed by atoms with Crippen LogP contribution in [0.3, 0.4) is 0 Å². The summed E-state index contributed by atoms with van der Waals surface area (Å²) in [6.07, 6.45) is 0. The maximum Gasteiger partial charge on any atom is 0.0545 e. The molecule has 152 valence electrons. The van der Waals surface area contributed by atoms with Crippen molar-refractivity contribution >= 4 is 33.2 Å². The molecule has 2 N–H and O–H groups in total. The highest BCUT2D eigenvalue weighted by molar-refractivity contribution is 6.14. The van der Waals surface area contributed by atoms with E-state index < -0.39 is 0 Å². The molecule has 0 fully saturated rings. The quantitative estimate of drug-likeness (QED) is 0.300. The first-order valence-corrected chi connectivity index (χ1v) is 10.9. The van der Waals surface area contributed by atoms with E-state index in [2.05, 4.69) is 126 Å². The van der Waals surface area contributed by atoms with Crippen LogP contribution in [0.2, 0.25) is 0 Å². The van der Waals surface area contributed by atoms with Crippen molar-refractivity contribution in [3.8, 4) is 22.3 Å². The van der Waals surface area contributed by atoms with E-state index in [0.29, 0.717) is 0 Å². The van der Waals surface area contributed by atoms with E-state index >= 15 is 0 Å². The fourth-order valence-electron chi connectivity index (χ4n) is 4.56. The van der Waals surface area contributed by atoms with Crippen LogP contribution in [0.15, 0.2) is 121 Å². The Labute approximate surface area is 187 Å². The smallest absolute Gasteiger partial charge is 0.0545 e. The van der Waals surface area contributed by atoms with Crippen LogP contribution >= 0.6 is 0 Å². The Morgan fingerprint density at radius 1 is 0.500 bits per heavy atom. The Morgan fingerprint density at radius 3 is 2.00 bits per heavy atom. The molecule has 1 heterocycles. The van der Waals surface area contributed by atoms with E-state index in [9.17, 15) is 0 Å². The lowest BCUT2D eigenvalue weighted by atomic mass is 9.91. The molecule has 0 saturated heterocycles. The molecule has 0 aliphatic carbocycles. The number of anilines is 2. The molecule has 2 nitrogen and oxygen atoms in total. The van der Waals surface area contributed by atoms with Gasteiger partial charge in [-0.05, 0) is 35.4 Å². The van der Waals surface area contributed by atoms with Crippen molar-refractivity contribution in [1.82, 2.24) is 4.98 Å². The molecule has 0 amide bonds. The van der Waals surface area contributed by atoms with Gasteiger partial charge in [0.15, 0.2) is 0 Å². The first-order valence-electron chi connectivity index (χ1n) is 10.9. The summed E-state index contributed by atoms with van der Waals surface area (Å²) in [6, 6.07) is 42.6. The van der Waals surface area contributed by atoms with Crippen LogP contribution in [0.1, 0.15) is 0 Å². The highest BCUT2D eigenvalue weighted by atomic mass is 14.9. The van der Waals surface area contributed by atoms with Gasteiger partial charge in [0.05, 0.1) is 5.52 Å². The fraction of sp³-hybridized carbons (Fsp3) is 0. The first-order chi connectivity index (χ1) is 15.9. The monoisotopic (exact) mass is 410 g/mol. The standard InChI is InChI=1S/C30H22N2/c1-3-11-21(12-4-1)23-16-10-20-28(31-22-13-5-2-6-14-22)29(23)26-18-9-17-25-24-15-7-8-19-27(24)32-30(25)26/h1-20,31-32H. The van der Waals surface area contributed by atoms with Gasteiger partial charge in [0.2, 0.25) is 0 Å². The van der Waals surface area contributed by atoms with Crippen LogP contribution < -0.4 is 5.32 Å². The predicted molar refractivity (Wildman–Crippen MR) is 136 cm³/mol. The molecule has 0 atom stereocenters. The molecule has 0 unspecified atom stereocenters. The lowest BCUT2D eigenvalue weighted by Gasteiger charge is -2.18. The molecule has 32 heavy (non-hydrogen) atoms. The first kappa shape index (κ1) is 18.5. The summed E-state index contributed by atoms with van der Waals surface area (Å²) >= 11 is 0. The van der Waals surface area contributed by atoms with Gasteiger partial charge in [-0.2, -0.15) is 0 Å². The van der Waals surface area contributed by atoms with Crippen molar-refractivity contribution in [2.75, 3.05) is 5.32 Å². The predicted octanol–water partition coefficient (Wildman–Crippen LogP) is 8.40. The number of fused-ring (bicyclic) bond motifs is 3. The van der Waals surface area contributed by atoms with Crippen LogP contribution in [-0.2, 0) is 0 Å². The molecule has 0 saturated carbocycles. The summed E-state index contributed by atoms with van der Waals surface area (Å²) in [5.74, 6) is 0. The third kappa shape index (κ3) is 3.14. The molecule has 0 aliphatic rings. The van der Waals surface area contributed by atoms with Crippen LogP contribution in [0.25, 0.3) is 44.1 Å². The fourth-order valence-corrected chi connectivity index (χ4v) is 4.56. The van der Waals surface area contributed by atoms with Gasteiger partial charge >= 0.3 is 0 Å². The Balaban J connectivity index is 1.66. The number of H-pyrrole nitrogens is 1. The van der Waals surface area contributed by atoms with Crippen LogP contribution in [0, 0.1) is 0 Å². The number of hydrogen-bond donors (Lipinski definition) is 2. The van der Waals surface area contributed by atoms with Crippen molar-refractivity contribution < 1.29 is 0 Å². The molecule has 0 bridgehead atoms. The number of aromatic amines is 1. The molecule has 2 heteroatoms. The highest BCUT2D eigenvalue weighted by Gasteiger charge is 2.17. The zero-order valence-electron chi connectivity index (χ0n) is 17.5. The normalized spacial score (nSPS) is 11.1. The van der Waals surface area contributed by atoms with E-state index in [0.717, 1.165) is 22.4 Å². The number of para-hydroxylation sites is 3. The van der Waals surface area contributed by atoms with Crippen LogP contribution in [-0.4, -0.2) is 4.98 Å². The average Bonchev–Trinajstić information content (AvgIpc) is 3.24. The molecule has 1 aromatic heterocycles. The Bertz CT molecular complexity index is 1530. The van der Waals surface area contributed by atoms with Crippen molar-refractivity contribution in [3.05, 3.63) is 121 Å². The number of hydrogen-bond acceptors (Lipinski definition) is 1. The minimum atomic E-state index is 1.07. The molecule has 0 aliphatic heterocycles. The van der Waals surface area contributed by atoms with Gasteiger partial charge in [-0.15, -0.1) is 0 Å². The molecule has 0 radical (unpaired) electrons. The van der Waals surface area contributed by atoms with Crippen molar-refractivity contribution in [2.45, 2.75) is 0 Å². The second-order valence-corrected chi connectivity index (χ2v) is 7.98. The molecular formula is C30H22N2. The van der Waals surface area contributed by atoms with Gasteiger partial charge in [-0.1, -0.05) is 97.1 Å². The van der Waals surface area contributed by atoms with Gasteiger partial charge in [0, 0.05) is 38.8 Å². The summed E-state index contributed by atoms with van der Waals surface area (Å²) in [5, 5.41) is 6.16. The number of rotatable bonds is 4. The van der Waals surface area contributed by atoms with E-state index in [1.165, 1.54) is 33.0 Å².